The van der Waals surface area contributed by atoms with E-state index in [1.807, 2.05) is 0 Å². The minimum atomic E-state index is -1.01. The van der Waals surface area contributed by atoms with E-state index in [1.165, 1.54) is 19.3 Å². The maximum Gasteiger partial charge on any atom is 0.336 e. The van der Waals surface area contributed by atoms with E-state index in [0.29, 0.717) is 35.7 Å². The van der Waals surface area contributed by atoms with E-state index in [0.717, 1.165) is 44.1 Å². The molecule has 0 saturated heterocycles. The highest BCUT2D eigenvalue weighted by Crippen LogP contribution is 2.36. The number of carboxylic acids is 2. The largest absolute Gasteiger partial charge is 0.478 e. The van der Waals surface area contributed by atoms with Crippen LogP contribution in [0.25, 0.3) is 0 Å². The number of carbonyl (C=O) groups is 2. The van der Waals surface area contributed by atoms with Crippen LogP contribution in [0.3, 0.4) is 0 Å². The molecule has 4 nitrogen and oxygen atoms in total. The molecule has 2 aliphatic carbocycles. The molecule has 2 saturated carbocycles. The average molecular weight is 387 g/mol. The van der Waals surface area contributed by atoms with Gasteiger partial charge < -0.3 is 10.2 Å². The molecule has 0 aromatic heterocycles. The number of hydrogen-bond donors (Lipinski definition) is 2. The molecule has 28 heavy (non-hydrogen) atoms. The monoisotopic (exact) mass is 386 g/mol. The van der Waals surface area contributed by atoms with Crippen LogP contribution in [0.1, 0.15) is 97.1 Å². The molecule has 4 unspecified atom stereocenters. The fraction of sp³-hybridized carbons (Fsp3) is 0.667. The third-order valence-corrected chi connectivity index (χ3v) is 6.93. The molecule has 0 amide bonds. The van der Waals surface area contributed by atoms with Crippen LogP contribution in [0.2, 0.25) is 0 Å². The molecule has 1 aromatic rings. The predicted molar refractivity (Wildman–Crippen MR) is 110 cm³/mol. The molecule has 0 bridgehead atoms. The van der Waals surface area contributed by atoms with Gasteiger partial charge in [-0.3, -0.25) is 0 Å². The summed E-state index contributed by atoms with van der Waals surface area (Å²) < 4.78 is 0. The first-order chi connectivity index (χ1) is 13.3. The Balaban J connectivity index is 1.94. The molecule has 0 aliphatic heterocycles. The van der Waals surface area contributed by atoms with Crippen molar-refractivity contribution in [2.24, 2.45) is 23.7 Å². The molecular weight excluding hydrogens is 352 g/mol. The van der Waals surface area contributed by atoms with E-state index in [2.05, 4.69) is 13.8 Å². The van der Waals surface area contributed by atoms with Gasteiger partial charge in [-0.2, -0.15) is 0 Å². The zero-order chi connectivity index (χ0) is 20.3. The summed E-state index contributed by atoms with van der Waals surface area (Å²) >= 11 is 0. The number of benzene rings is 1. The Kier molecular flexibility index (Phi) is 6.79. The van der Waals surface area contributed by atoms with Crippen molar-refractivity contribution in [1.82, 2.24) is 0 Å². The lowest BCUT2D eigenvalue weighted by Crippen LogP contribution is -2.22. The van der Waals surface area contributed by atoms with Gasteiger partial charge in [-0.25, -0.2) is 9.59 Å². The van der Waals surface area contributed by atoms with Crippen molar-refractivity contribution in [2.45, 2.75) is 78.1 Å². The molecule has 2 N–H and O–H groups in total. The van der Waals surface area contributed by atoms with Crippen LogP contribution in [0.5, 0.6) is 0 Å². The zero-order valence-electron chi connectivity index (χ0n) is 17.2. The summed E-state index contributed by atoms with van der Waals surface area (Å²) in [4.78, 5) is 24.1. The smallest absolute Gasteiger partial charge is 0.336 e. The number of rotatable bonds is 6. The molecule has 0 heterocycles. The third-order valence-electron chi connectivity index (χ3n) is 6.93. The second-order valence-corrected chi connectivity index (χ2v) is 9.42. The number of hydrogen-bond acceptors (Lipinski definition) is 2. The number of aromatic carboxylic acids is 2. The quantitative estimate of drug-likeness (QED) is 0.646. The van der Waals surface area contributed by atoms with Crippen LogP contribution in [0, 0.1) is 23.7 Å². The first-order valence-corrected chi connectivity index (χ1v) is 11.0. The van der Waals surface area contributed by atoms with Crippen LogP contribution in [-0.2, 0) is 12.8 Å². The molecule has 154 valence electrons. The van der Waals surface area contributed by atoms with Crippen molar-refractivity contribution < 1.29 is 19.8 Å². The highest BCUT2D eigenvalue weighted by atomic mass is 16.4. The van der Waals surface area contributed by atoms with Gasteiger partial charge in [0.15, 0.2) is 0 Å². The molecule has 3 rings (SSSR count). The second-order valence-electron chi connectivity index (χ2n) is 9.42. The van der Waals surface area contributed by atoms with Crippen molar-refractivity contribution in [2.75, 3.05) is 0 Å². The molecule has 2 aliphatic rings. The maximum atomic E-state index is 12.2. The summed E-state index contributed by atoms with van der Waals surface area (Å²) in [6, 6.07) is 3.41. The summed E-state index contributed by atoms with van der Waals surface area (Å²) in [7, 11) is 0. The van der Waals surface area contributed by atoms with Gasteiger partial charge in [-0.15, -0.1) is 0 Å². The normalized spacial score (nSPS) is 28.1. The lowest BCUT2D eigenvalue weighted by atomic mass is 9.76. The Morgan fingerprint density at radius 3 is 1.93 bits per heavy atom. The van der Waals surface area contributed by atoms with Crippen LogP contribution in [0.4, 0.5) is 0 Å². The van der Waals surface area contributed by atoms with Gasteiger partial charge >= 0.3 is 11.9 Å². The van der Waals surface area contributed by atoms with Crippen molar-refractivity contribution in [3.63, 3.8) is 0 Å². The zero-order valence-corrected chi connectivity index (χ0v) is 17.2. The van der Waals surface area contributed by atoms with Gasteiger partial charge in [0.2, 0.25) is 0 Å². The lowest BCUT2D eigenvalue weighted by molar-refractivity contribution is 0.0693. The van der Waals surface area contributed by atoms with E-state index in [-0.39, 0.29) is 11.1 Å². The van der Waals surface area contributed by atoms with Gasteiger partial charge in [0.1, 0.15) is 0 Å². The summed E-state index contributed by atoms with van der Waals surface area (Å²) in [6.45, 7) is 4.51. The molecule has 2 fully saturated rings. The van der Waals surface area contributed by atoms with E-state index in [1.54, 1.807) is 12.1 Å². The van der Waals surface area contributed by atoms with Crippen molar-refractivity contribution in [3.05, 3.63) is 34.4 Å². The van der Waals surface area contributed by atoms with Crippen LogP contribution >= 0.6 is 0 Å². The van der Waals surface area contributed by atoms with Gasteiger partial charge in [0, 0.05) is 0 Å². The standard InChI is InChI=1S/C24H34O4/c1-15-5-3-7-17(11-15)13-19-9-10-20(23(25)26)21(22(19)24(27)28)14-18-8-4-6-16(2)12-18/h9-10,15-18H,3-8,11-14H2,1-2H3,(H,25,26)(H,27,28). The second kappa shape index (κ2) is 9.11. The minimum Gasteiger partial charge on any atom is -0.478 e. The van der Waals surface area contributed by atoms with Crippen molar-refractivity contribution in [3.8, 4) is 0 Å². The fourth-order valence-corrected chi connectivity index (χ4v) is 5.64. The van der Waals surface area contributed by atoms with E-state index in [9.17, 15) is 19.8 Å². The van der Waals surface area contributed by atoms with Gasteiger partial charge in [0.25, 0.3) is 0 Å². The van der Waals surface area contributed by atoms with Crippen LogP contribution in [-0.4, -0.2) is 22.2 Å². The molecular formula is C24H34O4. The predicted octanol–water partition coefficient (Wildman–Crippen LogP) is 5.82. The number of carboxylic acid groups (broad SMARTS) is 2. The Morgan fingerprint density at radius 1 is 0.857 bits per heavy atom. The first-order valence-electron chi connectivity index (χ1n) is 11.0. The van der Waals surface area contributed by atoms with Crippen LogP contribution < -0.4 is 0 Å². The maximum absolute atomic E-state index is 12.2. The molecule has 0 spiro atoms. The molecule has 4 atom stereocenters. The lowest BCUT2D eigenvalue weighted by Gasteiger charge is -2.29. The highest BCUT2D eigenvalue weighted by Gasteiger charge is 2.28. The van der Waals surface area contributed by atoms with Crippen molar-refractivity contribution in [1.29, 1.82) is 0 Å². The molecule has 0 radical (unpaired) electrons. The van der Waals surface area contributed by atoms with Gasteiger partial charge in [-0.1, -0.05) is 58.4 Å². The Bertz CT molecular complexity index is 724. The van der Waals surface area contributed by atoms with E-state index >= 15 is 0 Å². The first kappa shape index (κ1) is 20.9. The minimum absolute atomic E-state index is 0.177. The Morgan fingerprint density at radius 2 is 1.43 bits per heavy atom. The summed E-state index contributed by atoms with van der Waals surface area (Å²) in [6.07, 6.45) is 10.5. The Hall–Kier alpha value is -1.84. The fourth-order valence-electron chi connectivity index (χ4n) is 5.64. The highest BCUT2D eigenvalue weighted by molar-refractivity contribution is 5.97. The van der Waals surface area contributed by atoms with E-state index in [4.69, 9.17) is 0 Å². The molecule has 1 aromatic carbocycles. The average Bonchev–Trinajstić information content (AvgIpc) is 2.61. The summed E-state index contributed by atoms with van der Waals surface area (Å²) in [5.74, 6) is 0.214. The van der Waals surface area contributed by atoms with Crippen molar-refractivity contribution >= 4 is 11.9 Å². The van der Waals surface area contributed by atoms with E-state index < -0.39 is 11.9 Å². The third kappa shape index (κ3) is 4.95. The van der Waals surface area contributed by atoms with Gasteiger partial charge in [0.05, 0.1) is 11.1 Å². The molecule has 4 heteroatoms. The summed E-state index contributed by atoms with van der Waals surface area (Å²) in [5.41, 5.74) is 1.84. The topological polar surface area (TPSA) is 74.6 Å². The Labute approximate surface area is 168 Å². The summed E-state index contributed by atoms with van der Waals surface area (Å²) in [5, 5.41) is 19.7. The SMILES string of the molecule is CC1CCCC(Cc2ccc(C(=O)O)c(CC3CCCC(C)C3)c2C(=O)O)C1. The van der Waals surface area contributed by atoms with Crippen LogP contribution in [0.15, 0.2) is 12.1 Å². The van der Waals surface area contributed by atoms with Gasteiger partial charge in [-0.05, 0) is 66.5 Å².